The first-order chi connectivity index (χ1) is 9.36. The van der Waals surface area contributed by atoms with Crippen molar-refractivity contribution in [3.8, 4) is 5.75 Å². The molecule has 1 heterocycles. The highest BCUT2D eigenvalue weighted by Gasteiger charge is 2.31. The second-order valence-electron chi connectivity index (χ2n) is 4.96. The van der Waals surface area contributed by atoms with Gasteiger partial charge in [0.2, 0.25) is 10.0 Å². The fourth-order valence-electron chi connectivity index (χ4n) is 2.32. The molecule has 1 fully saturated rings. The molecule has 5 nitrogen and oxygen atoms in total. The molecule has 0 amide bonds. The SMILES string of the molecule is COc1c(C)cc(Cl)cc1S(=O)(=O)N1CCN(C)CC1. The monoisotopic (exact) mass is 318 g/mol. The molecule has 2 rings (SSSR count). The van der Waals surface area contributed by atoms with Gasteiger partial charge in [-0.2, -0.15) is 4.31 Å². The van der Waals surface area contributed by atoms with Gasteiger partial charge in [-0.15, -0.1) is 0 Å². The van der Waals surface area contributed by atoms with E-state index in [1.807, 2.05) is 7.05 Å². The molecule has 1 saturated heterocycles. The Balaban J connectivity index is 2.44. The lowest BCUT2D eigenvalue weighted by Gasteiger charge is -2.32. The Hall–Kier alpha value is -0.820. The molecule has 0 aromatic heterocycles. The number of benzene rings is 1. The number of likely N-dealkylation sites (N-methyl/N-ethyl adjacent to an activating group) is 1. The molecule has 0 bridgehead atoms. The summed E-state index contributed by atoms with van der Waals surface area (Å²) < 4.78 is 32.2. The predicted octanol–water partition coefficient (Wildman–Crippen LogP) is 1.59. The van der Waals surface area contributed by atoms with Crippen molar-refractivity contribution in [1.29, 1.82) is 0 Å². The Morgan fingerprint density at radius 2 is 1.80 bits per heavy atom. The molecule has 1 aromatic carbocycles. The summed E-state index contributed by atoms with van der Waals surface area (Å²) in [6.07, 6.45) is 0. The highest BCUT2D eigenvalue weighted by atomic mass is 35.5. The summed E-state index contributed by atoms with van der Waals surface area (Å²) in [6, 6.07) is 3.16. The Morgan fingerprint density at radius 3 is 2.35 bits per heavy atom. The van der Waals surface area contributed by atoms with Gasteiger partial charge in [0.05, 0.1) is 7.11 Å². The number of piperazine rings is 1. The first-order valence-corrected chi connectivity index (χ1v) is 8.21. The minimum atomic E-state index is -3.58. The zero-order chi connectivity index (χ0) is 14.9. The number of hydrogen-bond acceptors (Lipinski definition) is 4. The van der Waals surface area contributed by atoms with Crippen LogP contribution in [0.3, 0.4) is 0 Å². The molecular weight excluding hydrogens is 300 g/mol. The average molecular weight is 319 g/mol. The second-order valence-corrected chi connectivity index (χ2v) is 7.30. The number of aryl methyl sites for hydroxylation is 1. The molecule has 0 aliphatic carbocycles. The Kier molecular flexibility index (Phi) is 4.59. The van der Waals surface area contributed by atoms with Crippen LogP contribution < -0.4 is 4.74 Å². The summed E-state index contributed by atoms with van der Waals surface area (Å²) in [5.74, 6) is 0.369. The molecule has 20 heavy (non-hydrogen) atoms. The number of nitrogens with zero attached hydrogens (tertiary/aromatic N) is 2. The summed E-state index contributed by atoms with van der Waals surface area (Å²) >= 11 is 6.00. The van der Waals surface area contributed by atoms with Gasteiger partial charge in [-0.25, -0.2) is 8.42 Å². The third-order valence-corrected chi connectivity index (χ3v) is 5.61. The van der Waals surface area contributed by atoms with Crippen LogP contribution in [0, 0.1) is 6.92 Å². The van der Waals surface area contributed by atoms with Crippen LogP contribution in [-0.2, 0) is 10.0 Å². The summed E-state index contributed by atoms with van der Waals surface area (Å²) in [4.78, 5) is 2.25. The van der Waals surface area contributed by atoms with Crippen molar-refractivity contribution in [2.24, 2.45) is 0 Å². The number of hydrogen-bond donors (Lipinski definition) is 0. The van der Waals surface area contributed by atoms with Gasteiger partial charge >= 0.3 is 0 Å². The molecule has 1 aliphatic heterocycles. The quantitative estimate of drug-likeness (QED) is 0.849. The number of sulfonamides is 1. The van der Waals surface area contributed by atoms with Crippen molar-refractivity contribution < 1.29 is 13.2 Å². The molecule has 0 unspecified atom stereocenters. The second kappa shape index (κ2) is 5.89. The van der Waals surface area contributed by atoms with Crippen LogP contribution >= 0.6 is 11.6 Å². The third-order valence-electron chi connectivity index (χ3n) is 3.49. The first kappa shape index (κ1) is 15.6. The Bertz CT molecular complexity index is 596. The Labute approximate surface area is 125 Å². The molecule has 1 aromatic rings. The first-order valence-electron chi connectivity index (χ1n) is 6.39. The van der Waals surface area contributed by atoms with E-state index in [2.05, 4.69) is 4.90 Å². The molecule has 1 aliphatic rings. The maximum Gasteiger partial charge on any atom is 0.246 e. The van der Waals surface area contributed by atoms with Gasteiger partial charge in [0.25, 0.3) is 0 Å². The highest BCUT2D eigenvalue weighted by Crippen LogP contribution is 2.33. The summed E-state index contributed by atoms with van der Waals surface area (Å²) in [6.45, 7) is 4.19. The normalized spacial score (nSPS) is 18.2. The zero-order valence-corrected chi connectivity index (χ0v) is 13.5. The largest absolute Gasteiger partial charge is 0.495 e. The molecule has 0 spiro atoms. The summed E-state index contributed by atoms with van der Waals surface area (Å²) in [5, 5.41) is 0.399. The van der Waals surface area contributed by atoms with E-state index in [9.17, 15) is 8.42 Å². The van der Waals surface area contributed by atoms with Crippen LogP contribution in [0.1, 0.15) is 5.56 Å². The summed E-state index contributed by atoms with van der Waals surface area (Å²) in [5.41, 5.74) is 0.715. The minimum absolute atomic E-state index is 0.148. The van der Waals surface area contributed by atoms with Gasteiger partial charge in [0, 0.05) is 31.2 Å². The van der Waals surface area contributed by atoms with Crippen molar-refractivity contribution in [3.63, 3.8) is 0 Å². The van der Waals surface area contributed by atoms with E-state index in [1.54, 1.807) is 13.0 Å². The maximum atomic E-state index is 12.7. The van der Waals surface area contributed by atoms with E-state index < -0.39 is 10.0 Å². The zero-order valence-electron chi connectivity index (χ0n) is 11.9. The van der Waals surface area contributed by atoms with Crippen molar-refractivity contribution in [2.75, 3.05) is 40.3 Å². The van der Waals surface area contributed by atoms with Crippen LogP contribution in [0.4, 0.5) is 0 Å². The van der Waals surface area contributed by atoms with Crippen LogP contribution in [0.25, 0.3) is 0 Å². The fourth-order valence-corrected chi connectivity index (χ4v) is 4.33. The summed E-state index contributed by atoms with van der Waals surface area (Å²) in [7, 11) is -0.124. The standard InChI is InChI=1S/C13H19ClN2O3S/c1-10-8-11(14)9-12(13(10)19-3)20(17,18)16-6-4-15(2)5-7-16/h8-9H,4-7H2,1-3H3. The topological polar surface area (TPSA) is 49.9 Å². The lowest BCUT2D eigenvalue weighted by Crippen LogP contribution is -2.47. The van der Waals surface area contributed by atoms with Crippen LogP contribution in [0.5, 0.6) is 5.75 Å². The molecular formula is C13H19ClN2O3S. The van der Waals surface area contributed by atoms with Gasteiger partial charge in [0.1, 0.15) is 10.6 Å². The van der Waals surface area contributed by atoms with Crippen LogP contribution in [0.15, 0.2) is 17.0 Å². The lowest BCUT2D eigenvalue weighted by atomic mass is 10.2. The maximum absolute atomic E-state index is 12.7. The van der Waals surface area contributed by atoms with E-state index in [4.69, 9.17) is 16.3 Å². The molecule has 0 radical (unpaired) electrons. The van der Waals surface area contributed by atoms with Gasteiger partial charge in [-0.1, -0.05) is 11.6 Å². The number of halogens is 1. The van der Waals surface area contributed by atoms with E-state index in [0.717, 1.165) is 13.1 Å². The van der Waals surface area contributed by atoms with E-state index in [-0.39, 0.29) is 4.90 Å². The Morgan fingerprint density at radius 1 is 1.20 bits per heavy atom. The van der Waals surface area contributed by atoms with Crippen molar-refractivity contribution in [2.45, 2.75) is 11.8 Å². The molecule has 112 valence electrons. The van der Waals surface area contributed by atoms with E-state index >= 15 is 0 Å². The fraction of sp³-hybridized carbons (Fsp3) is 0.538. The number of methoxy groups -OCH3 is 1. The molecule has 0 atom stereocenters. The molecule has 0 N–H and O–H groups in total. The highest BCUT2D eigenvalue weighted by molar-refractivity contribution is 7.89. The van der Waals surface area contributed by atoms with Crippen molar-refractivity contribution in [1.82, 2.24) is 9.21 Å². The number of rotatable bonds is 3. The van der Waals surface area contributed by atoms with Crippen molar-refractivity contribution >= 4 is 21.6 Å². The lowest BCUT2D eigenvalue weighted by molar-refractivity contribution is 0.222. The van der Waals surface area contributed by atoms with Crippen molar-refractivity contribution in [3.05, 3.63) is 22.7 Å². The molecule has 7 heteroatoms. The molecule has 0 saturated carbocycles. The van der Waals surface area contributed by atoms with Crippen LogP contribution in [-0.4, -0.2) is 58.0 Å². The predicted molar refractivity (Wildman–Crippen MR) is 79.0 cm³/mol. The number of ether oxygens (including phenoxy) is 1. The van der Waals surface area contributed by atoms with Gasteiger partial charge in [0.15, 0.2) is 0 Å². The van der Waals surface area contributed by atoms with Gasteiger partial charge in [-0.3, -0.25) is 0 Å². The van der Waals surface area contributed by atoms with E-state index in [1.165, 1.54) is 17.5 Å². The van der Waals surface area contributed by atoms with E-state index in [0.29, 0.717) is 29.4 Å². The van der Waals surface area contributed by atoms with Gasteiger partial charge in [-0.05, 0) is 31.7 Å². The minimum Gasteiger partial charge on any atom is -0.495 e. The van der Waals surface area contributed by atoms with Crippen LogP contribution in [0.2, 0.25) is 5.02 Å². The average Bonchev–Trinajstić information content (AvgIpc) is 2.38. The smallest absolute Gasteiger partial charge is 0.246 e. The van der Waals surface area contributed by atoms with Gasteiger partial charge < -0.3 is 9.64 Å². The third kappa shape index (κ3) is 2.93.